The molecule has 37 heavy (non-hydrogen) atoms. The Balaban J connectivity index is 1.62. The SMILES string of the molecule is C=Cc1c(N=C)ccc(Nc2ncnc3cc(-c4cnn(C)c4)cc(OCC4(N(C)C)COC4)c23)c1F. The molecule has 0 saturated carbocycles. The highest BCUT2D eigenvalue weighted by Crippen LogP contribution is 2.38. The van der Waals surface area contributed by atoms with Gasteiger partial charge in [0.1, 0.15) is 30.0 Å². The number of nitrogens with one attached hydrogen (secondary N) is 1. The van der Waals surface area contributed by atoms with Gasteiger partial charge in [0.15, 0.2) is 5.82 Å². The Kier molecular flexibility index (Phi) is 6.45. The summed E-state index contributed by atoms with van der Waals surface area (Å²) >= 11 is 0. The molecule has 0 aliphatic carbocycles. The molecule has 4 aromatic rings. The molecule has 2 aromatic heterocycles. The predicted octanol–water partition coefficient (Wildman–Crippen LogP) is 4.60. The van der Waals surface area contributed by atoms with Gasteiger partial charge in [0.05, 0.1) is 41.7 Å². The minimum atomic E-state index is -0.501. The minimum absolute atomic E-state index is 0.224. The van der Waals surface area contributed by atoms with E-state index in [1.165, 1.54) is 12.4 Å². The van der Waals surface area contributed by atoms with Gasteiger partial charge in [-0.1, -0.05) is 12.7 Å². The molecule has 0 spiro atoms. The molecule has 1 N–H and O–H groups in total. The lowest BCUT2D eigenvalue weighted by Gasteiger charge is -2.46. The lowest BCUT2D eigenvalue weighted by Crippen LogP contribution is -2.63. The summed E-state index contributed by atoms with van der Waals surface area (Å²) in [5.41, 5.74) is 3.11. The van der Waals surface area contributed by atoms with Crippen molar-refractivity contribution in [1.82, 2.24) is 24.6 Å². The van der Waals surface area contributed by atoms with Crippen LogP contribution >= 0.6 is 0 Å². The number of nitrogens with zero attached hydrogens (tertiary/aromatic N) is 6. The van der Waals surface area contributed by atoms with Crippen LogP contribution in [-0.2, 0) is 11.8 Å². The van der Waals surface area contributed by atoms with Crippen LogP contribution in [0.25, 0.3) is 28.1 Å². The van der Waals surface area contributed by atoms with Crippen LogP contribution in [0.5, 0.6) is 5.75 Å². The normalized spacial score (nSPS) is 14.4. The lowest BCUT2D eigenvalue weighted by molar-refractivity contribution is -0.140. The second-order valence-electron chi connectivity index (χ2n) is 9.24. The Morgan fingerprint density at radius 3 is 2.70 bits per heavy atom. The van der Waals surface area contributed by atoms with Crippen molar-refractivity contribution in [3.63, 3.8) is 0 Å². The maximum Gasteiger partial charge on any atom is 0.156 e. The molecule has 1 aliphatic rings. The number of aromatic nitrogens is 4. The van der Waals surface area contributed by atoms with Gasteiger partial charge in [0, 0.05) is 24.4 Å². The Labute approximate surface area is 214 Å². The first-order valence-corrected chi connectivity index (χ1v) is 11.7. The summed E-state index contributed by atoms with van der Waals surface area (Å²) in [7, 11) is 5.88. The molecule has 3 heterocycles. The molecule has 0 unspecified atom stereocenters. The zero-order chi connectivity index (χ0) is 26.2. The molecule has 190 valence electrons. The molecule has 5 rings (SSSR count). The fourth-order valence-electron chi connectivity index (χ4n) is 4.26. The van der Waals surface area contributed by atoms with E-state index in [4.69, 9.17) is 9.47 Å². The van der Waals surface area contributed by atoms with E-state index in [1.807, 2.05) is 39.5 Å². The van der Waals surface area contributed by atoms with Crippen LogP contribution in [-0.4, -0.2) is 70.8 Å². The van der Waals surface area contributed by atoms with E-state index >= 15 is 4.39 Å². The third kappa shape index (κ3) is 4.45. The standard InChI is InChI=1S/C27H28FN7O2/c1-6-19-20(29-2)7-8-21(25(19)28)33-26-24-22(30-16-31-26)9-17(18-11-32-35(5)12-18)10-23(24)37-15-27(34(3)4)13-36-14-27/h6-12,16H,1-2,13-15H2,3-5H3,(H,30,31,33). The molecule has 9 nitrogen and oxygen atoms in total. The Morgan fingerprint density at radius 2 is 2.08 bits per heavy atom. The van der Waals surface area contributed by atoms with E-state index in [9.17, 15) is 0 Å². The minimum Gasteiger partial charge on any atom is -0.491 e. The number of likely N-dealkylation sites (N-methyl/N-ethyl adjacent to an activating group) is 1. The molecule has 2 aromatic carbocycles. The monoisotopic (exact) mass is 501 g/mol. The van der Waals surface area contributed by atoms with Gasteiger partial charge in [-0.3, -0.25) is 14.6 Å². The van der Waals surface area contributed by atoms with Crippen molar-refractivity contribution in [3.8, 4) is 16.9 Å². The summed E-state index contributed by atoms with van der Waals surface area (Å²) in [5, 5.41) is 8.05. The average Bonchev–Trinajstić information content (AvgIpc) is 3.30. The van der Waals surface area contributed by atoms with Gasteiger partial charge < -0.3 is 14.8 Å². The van der Waals surface area contributed by atoms with Crippen LogP contribution in [0.3, 0.4) is 0 Å². The molecule has 0 atom stereocenters. The third-order valence-corrected chi connectivity index (χ3v) is 6.71. The zero-order valence-electron chi connectivity index (χ0n) is 21.0. The van der Waals surface area contributed by atoms with Crippen molar-refractivity contribution in [2.24, 2.45) is 12.0 Å². The topological polar surface area (TPSA) is 89.7 Å². The van der Waals surface area contributed by atoms with Crippen LogP contribution in [0.2, 0.25) is 0 Å². The van der Waals surface area contributed by atoms with Gasteiger partial charge in [-0.15, -0.1) is 0 Å². The van der Waals surface area contributed by atoms with E-state index in [1.54, 1.807) is 23.0 Å². The van der Waals surface area contributed by atoms with Gasteiger partial charge in [-0.25, -0.2) is 14.4 Å². The zero-order valence-corrected chi connectivity index (χ0v) is 21.0. The fourth-order valence-corrected chi connectivity index (χ4v) is 4.26. The van der Waals surface area contributed by atoms with Crippen molar-refractivity contribution < 1.29 is 13.9 Å². The van der Waals surface area contributed by atoms with Gasteiger partial charge in [-0.2, -0.15) is 5.10 Å². The van der Waals surface area contributed by atoms with E-state index in [-0.39, 0.29) is 16.8 Å². The van der Waals surface area contributed by atoms with Crippen LogP contribution in [0.15, 0.2) is 54.6 Å². The summed E-state index contributed by atoms with van der Waals surface area (Å²) < 4.78 is 29.0. The highest BCUT2D eigenvalue weighted by Gasteiger charge is 2.42. The second kappa shape index (κ2) is 9.72. The van der Waals surface area contributed by atoms with Crippen LogP contribution in [0.4, 0.5) is 21.6 Å². The van der Waals surface area contributed by atoms with Crippen molar-refractivity contribution in [3.05, 3.63) is 60.9 Å². The molecule has 0 amide bonds. The lowest BCUT2D eigenvalue weighted by atomic mass is 9.97. The number of fused-ring (bicyclic) bond motifs is 1. The van der Waals surface area contributed by atoms with Crippen LogP contribution < -0.4 is 10.1 Å². The number of anilines is 2. The molecule has 0 radical (unpaired) electrons. The molecule has 0 bridgehead atoms. The smallest absolute Gasteiger partial charge is 0.156 e. The Morgan fingerprint density at radius 1 is 1.27 bits per heavy atom. The number of hydrogen-bond donors (Lipinski definition) is 1. The van der Waals surface area contributed by atoms with Crippen molar-refractivity contribution in [2.75, 3.05) is 39.2 Å². The molecule has 1 saturated heterocycles. The molecule has 10 heteroatoms. The van der Waals surface area contributed by atoms with Gasteiger partial charge >= 0.3 is 0 Å². The summed E-state index contributed by atoms with van der Waals surface area (Å²) in [5.74, 6) is 0.482. The summed E-state index contributed by atoms with van der Waals surface area (Å²) in [6, 6.07) is 7.15. The number of rotatable bonds is 9. The summed E-state index contributed by atoms with van der Waals surface area (Å²) in [6.45, 7) is 8.75. The first-order valence-electron chi connectivity index (χ1n) is 11.7. The largest absolute Gasteiger partial charge is 0.491 e. The van der Waals surface area contributed by atoms with Crippen molar-refractivity contribution in [1.29, 1.82) is 0 Å². The maximum absolute atomic E-state index is 15.3. The summed E-state index contributed by atoms with van der Waals surface area (Å²) in [6.07, 6.45) is 6.56. The summed E-state index contributed by atoms with van der Waals surface area (Å²) in [4.78, 5) is 14.9. The highest BCUT2D eigenvalue weighted by atomic mass is 19.1. The van der Waals surface area contributed by atoms with Crippen LogP contribution in [0, 0.1) is 5.82 Å². The van der Waals surface area contributed by atoms with Crippen molar-refractivity contribution >= 4 is 40.9 Å². The fraction of sp³-hybridized carbons (Fsp3) is 0.259. The number of aryl methyl sites for hydroxylation is 1. The van der Waals surface area contributed by atoms with Gasteiger partial charge in [0.2, 0.25) is 0 Å². The predicted molar refractivity (Wildman–Crippen MR) is 143 cm³/mol. The number of halogens is 1. The van der Waals surface area contributed by atoms with E-state index < -0.39 is 5.82 Å². The van der Waals surface area contributed by atoms with Gasteiger partial charge in [0.25, 0.3) is 0 Å². The van der Waals surface area contributed by atoms with E-state index in [2.05, 4.69) is 43.6 Å². The molecular weight excluding hydrogens is 473 g/mol. The van der Waals surface area contributed by atoms with Crippen LogP contribution in [0.1, 0.15) is 5.56 Å². The maximum atomic E-state index is 15.3. The third-order valence-electron chi connectivity index (χ3n) is 6.71. The number of hydrogen-bond acceptors (Lipinski definition) is 8. The quantitative estimate of drug-likeness (QED) is 0.335. The van der Waals surface area contributed by atoms with Gasteiger partial charge in [-0.05, 0) is 50.6 Å². The number of aliphatic imine (C=N–C) groups is 1. The van der Waals surface area contributed by atoms with E-state index in [0.717, 1.165) is 11.1 Å². The van der Waals surface area contributed by atoms with E-state index in [0.29, 0.717) is 48.0 Å². The molecule has 1 aliphatic heterocycles. The first-order chi connectivity index (χ1) is 17.8. The highest BCUT2D eigenvalue weighted by molar-refractivity contribution is 5.98. The first kappa shape index (κ1) is 24.5. The second-order valence-corrected chi connectivity index (χ2v) is 9.24. The Hall–Kier alpha value is -4.15. The Bertz CT molecular complexity index is 1490. The molecular formula is C27H28FN7O2. The number of benzene rings is 2. The van der Waals surface area contributed by atoms with Crippen molar-refractivity contribution in [2.45, 2.75) is 5.54 Å². The number of ether oxygens (including phenoxy) is 2. The molecule has 1 fully saturated rings. The average molecular weight is 502 g/mol.